The van der Waals surface area contributed by atoms with Crippen molar-refractivity contribution in [3.63, 3.8) is 0 Å². The van der Waals surface area contributed by atoms with Gasteiger partial charge in [-0.2, -0.15) is 0 Å². The van der Waals surface area contributed by atoms with E-state index < -0.39 is 11.8 Å². The van der Waals surface area contributed by atoms with Gasteiger partial charge in [0, 0.05) is 28.6 Å². The van der Waals surface area contributed by atoms with Crippen molar-refractivity contribution in [2.75, 3.05) is 10.6 Å². The van der Waals surface area contributed by atoms with E-state index in [9.17, 15) is 14.7 Å². The first-order valence-electron chi connectivity index (χ1n) is 8.67. The summed E-state index contributed by atoms with van der Waals surface area (Å²) in [4.78, 5) is 29.4. The van der Waals surface area contributed by atoms with Crippen molar-refractivity contribution in [2.45, 2.75) is 6.92 Å². The molecular formula is C21H16Cl2N4O3. The number of halogens is 2. The summed E-state index contributed by atoms with van der Waals surface area (Å²) in [7, 11) is 0. The van der Waals surface area contributed by atoms with Gasteiger partial charge in [-0.25, -0.2) is 4.98 Å². The second-order valence-corrected chi connectivity index (χ2v) is 7.19. The number of anilines is 2. The van der Waals surface area contributed by atoms with Crippen molar-refractivity contribution >= 4 is 52.2 Å². The fraction of sp³-hybridized carbons (Fsp3) is 0.0476. The lowest BCUT2D eigenvalue weighted by atomic mass is 10.1. The molecular weight excluding hydrogens is 427 g/mol. The third kappa shape index (κ3) is 4.94. The summed E-state index contributed by atoms with van der Waals surface area (Å²) < 4.78 is 0. The van der Waals surface area contributed by atoms with Gasteiger partial charge in [0.1, 0.15) is 11.6 Å². The van der Waals surface area contributed by atoms with Gasteiger partial charge in [0.2, 0.25) is 0 Å². The molecule has 4 N–H and O–H groups in total. The SMILES string of the molecule is CC(=N)c1ccc(C(=O)Nc2c(O)cc(Cl)cc2C(=O)Nc2ccc(Cl)cn2)cc1. The average Bonchev–Trinajstić information content (AvgIpc) is 2.71. The van der Waals surface area contributed by atoms with Crippen molar-refractivity contribution in [1.82, 2.24) is 4.98 Å². The van der Waals surface area contributed by atoms with Gasteiger partial charge in [-0.05, 0) is 42.8 Å². The summed E-state index contributed by atoms with van der Waals surface area (Å²) in [6.07, 6.45) is 1.37. The van der Waals surface area contributed by atoms with Crippen LogP contribution in [0.5, 0.6) is 5.75 Å². The summed E-state index contributed by atoms with van der Waals surface area (Å²) in [5.74, 6) is -1.30. The molecule has 0 atom stereocenters. The Morgan fingerprint density at radius 2 is 1.60 bits per heavy atom. The number of hydrogen-bond donors (Lipinski definition) is 4. The molecule has 0 unspecified atom stereocenters. The standard InChI is InChI=1S/C21H16Cl2N4O3/c1-11(24)12-2-4-13(5-3-12)20(29)27-19-16(8-15(23)9-17(19)28)21(30)26-18-7-6-14(22)10-25-18/h2-10,24,28H,1H3,(H,27,29)(H,25,26,30). The van der Waals surface area contributed by atoms with Gasteiger partial charge >= 0.3 is 0 Å². The zero-order chi connectivity index (χ0) is 21.8. The van der Waals surface area contributed by atoms with E-state index in [2.05, 4.69) is 15.6 Å². The van der Waals surface area contributed by atoms with Crippen LogP contribution >= 0.6 is 23.2 Å². The molecule has 2 amide bonds. The van der Waals surface area contributed by atoms with E-state index in [1.807, 2.05) is 0 Å². The third-order valence-corrected chi connectivity index (χ3v) is 4.56. The molecule has 0 aliphatic heterocycles. The fourth-order valence-corrected chi connectivity index (χ4v) is 2.92. The number of nitrogens with zero attached hydrogens (tertiary/aromatic N) is 1. The first kappa shape index (κ1) is 21.3. The normalized spacial score (nSPS) is 10.4. The Morgan fingerprint density at radius 1 is 0.933 bits per heavy atom. The van der Waals surface area contributed by atoms with Gasteiger partial charge in [-0.3, -0.25) is 9.59 Å². The highest BCUT2D eigenvalue weighted by atomic mass is 35.5. The molecule has 3 rings (SSSR count). The maximum Gasteiger partial charge on any atom is 0.259 e. The molecule has 0 radical (unpaired) electrons. The molecule has 0 fully saturated rings. The number of rotatable bonds is 5. The first-order valence-corrected chi connectivity index (χ1v) is 9.42. The van der Waals surface area contributed by atoms with E-state index >= 15 is 0 Å². The minimum Gasteiger partial charge on any atom is -0.506 e. The van der Waals surface area contributed by atoms with Crippen LogP contribution in [0, 0.1) is 5.41 Å². The van der Waals surface area contributed by atoms with Crippen LogP contribution in [0.1, 0.15) is 33.2 Å². The molecule has 1 heterocycles. The second-order valence-electron chi connectivity index (χ2n) is 6.32. The van der Waals surface area contributed by atoms with E-state index in [4.69, 9.17) is 28.6 Å². The minimum atomic E-state index is -0.632. The lowest BCUT2D eigenvalue weighted by Gasteiger charge is -2.14. The number of aromatic hydroxyl groups is 1. The van der Waals surface area contributed by atoms with Crippen LogP contribution in [0.2, 0.25) is 10.0 Å². The molecule has 30 heavy (non-hydrogen) atoms. The highest BCUT2D eigenvalue weighted by Gasteiger charge is 2.20. The summed E-state index contributed by atoms with van der Waals surface area (Å²) >= 11 is 11.8. The number of amides is 2. The third-order valence-electron chi connectivity index (χ3n) is 4.11. The van der Waals surface area contributed by atoms with Crippen LogP contribution in [0.25, 0.3) is 0 Å². The molecule has 0 saturated carbocycles. The Bertz CT molecular complexity index is 1130. The van der Waals surface area contributed by atoms with Crippen LogP contribution in [0.4, 0.5) is 11.5 Å². The lowest BCUT2D eigenvalue weighted by molar-refractivity contribution is 0.102. The molecule has 2 aromatic carbocycles. The molecule has 0 aliphatic rings. The van der Waals surface area contributed by atoms with Crippen LogP contribution in [-0.2, 0) is 0 Å². The van der Waals surface area contributed by atoms with Crippen LogP contribution in [0.15, 0.2) is 54.7 Å². The second kappa shape index (κ2) is 8.94. The monoisotopic (exact) mass is 442 g/mol. The lowest BCUT2D eigenvalue weighted by Crippen LogP contribution is -2.19. The maximum absolute atomic E-state index is 12.7. The Kier molecular flexibility index (Phi) is 6.34. The van der Waals surface area contributed by atoms with Crippen LogP contribution in [0.3, 0.4) is 0 Å². The molecule has 0 bridgehead atoms. The molecule has 3 aromatic rings. The Labute approximate surface area is 182 Å². The van der Waals surface area contributed by atoms with Crippen molar-refractivity contribution in [3.8, 4) is 5.75 Å². The predicted molar refractivity (Wildman–Crippen MR) is 117 cm³/mol. The zero-order valence-electron chi connectivity index (χ0n) is 15.7. The minimum absolute atomic E-state index is 0.0444. The predicted octanol–water partition coefficient (Wildman–Crippen LogP) is 4.99. The molecule has 0 saturated heterocycles. The van der Waals surface area contributed by atoms with Gasteiger partial charge in [0.05, 0.1) is 16.3 Å². The van der Waals surface area contributed by atoms with E-state index in [0.717, 1.165) is 0 Å². The highest BCUT2D eigenvalue weighted by molar-refractivity contribution is 6.32. The number of nitrogens with one attached hydrogen (secondary N) is 3. The molecule has 9 heteroatoms. The fourth-order valence-electron chi connectivity index (χ4n) is 2.59. The highest BCUT2D eigenvalue weighted by Crippen LogP contribution is 2.32. The topological polar surface area (TPSA) is 115 Å². The van der Waals surface area contributed by atoms with E-state index in [1.54, 1.807) is 37.3 Å². The van der Waals surface area contributed by atoms with E-state index in [0.29, 0.717) is 21.9 Å². The number of aromatic nitrogens is 1. The molecule has 0 spiro atoms. The number of carbonyl (C=O) groups is 2. The molecule has 0 aliphatic carbocycles. The first-order chi connectivity index (χ1) is 14.2. The Balaban J connectivity index is 1.88. The van der Waals surface area contributed by atoms with E-state index in [-0.39, 0.29) is 27.8 Å². The number of phenolic OH excluding ortho intramolecular Hbond substituents is 1. The zero-order valence-corrected chi connectivity index (χ0v) is 17.2. The average molecular weight is 443 g/mol. The van der Waals surface area contributed by atoms with Crippen LogP contribution < -0.4 is 10.6 Å². The number of hydrogen-bond acceptors (Lipinski definition) is 5. The van der Waals surface area contributed by atoms with Crippen molar-refractivity contribution in [2.24, 2.45) is 0 Å². The van der Waals surface area contributed by atoms with Crippen LogP contribution in [-0.4, -0.2) is 27.6 Å². The summed E-state index contributed by atoms with van der Waals surface area (Å²) in [6, 6.07) is 12.0. The maximum atomic E-state index is 12.7. The van der Waals surface area contributed by atoms with Gasteiger partial charge in [-0.1, -0.05) is 35.3 Å². The number of pyridine rings is 1. The van der Waals surface area contributed by atoms with Gasteiger partial charge in [0.25, 0.3) is 11.8 Å². The van der Waals surface area contributed by atoms with Gasteiger partial charge in [-0.15, -0.1) is 0 Å². The Morgan fingerprint density at radius 3 is 2.20 bits per heavy atom. The Hall–Kier alpha value is -3.42. The summed E-state index contributed by atoms with van der Waals surface area (Å²) in [5.41, 5.74) is 1.20. The van der Waals surface area contributed by atoms with Crippen molar-refractivity contribution in [1.29, 1.82) is 5.41 Å². The largest absolute Gasteiger partial charge is 0.506 e. The number of phenols is 1. The molecule has 152 valence electrons. The van der Waals surface area contributed by atoms with Crippen molar-refractivity contribution in [3.05, 3.63) is 81.5 Å². The van der Waals surface area contributed by atoms with Crippen molar-refractivity contribution < 1.29 is 14.7 Å². The van der Waals surface area contributed by atoms with Gasteiger partial charge < -0.3 is 21.1 Å². The smallest absolute Gasteiger partial charge is 0.259 e. The summed E-state index contributed by atoms with van der Waals surface area (Å²) in [5, 5.41) is 23.5. The quantitative estimate of drug-likeness (QED) is 0.329. The summed E-state index contributed by atoms with van der Waals surface area (Å²) in [6.45, 7) is 1.64. The number of benzene rings is 2. The van der Waals surface area contributed by atoms with Gasteiger partial charge in [0.15, 0.2) is 0 Å². The number of carbonyl (C=O) groups excluding carboxylic acids is 2. The molecule has 1 aromatic heterocycles. The molecule has 7 nitrogen and oxygen atoms in total. The van der Waals surface area contributed by atoms with E-state index in [1.165, 1.54) is 24.4 Å².